The molecule has 19 heavy (non-hydrogen) atoms. The molecule has 1 atom stereocenters. The first-order chi connectivity index (χ1) is 8.79. The van der Waals surface area contributed by atoms with Gasteiger partial charge in [-0.25, -0.2) is 13.6 Å². The summed E-state index contributed by atoms with van der Waals surface area (Å²) < 4.78 is 22.8. The molecule has 1 unspecified atom stereocenters. The summed E-state index contributed by atoms with van der Waals surface area (Å²) in [6.07, 6.45) is 0. The molecular formula is C11H16N4O3S. The monoisotopic (exact) mass is 284 g/mol. The van der Waals surface area contributed by atoms with E-state index < -0.39 is 10.0 Å². The van der Waals surface area contributed by atoms with Gasteiger partial charge < -0.3 is 16.0 Å². The molecule has 2 rings (SSSR count). The van der Waals surface area contributed by atoms with Crippen molar-refractivity contribution in [2.24, 2.45) is 5.14 Å². The van der Waals surface area contributed by atoms with Crippen LogP contribution in [0.2, 0.25) is 0 Å². The predicted molar refractivity (Wildman–Crippen MR) is 72.0 cm³/mol. The second-order valence-electron chi connectivity index (χ2n) is 4.47. The molecule has 0 aliphatic carbocycles. The third kappa shape index (κ3) is 2.79. The summed E-state index contributed by atoms with van der Waals surface area (Å²) in [7, 11) is -3.82. The van der Waals surface area contributed by atoms with Crippen molar-refractivity contribution in [2.45, 2.75) is 17.9 Å². The molecule has 1 aliphatic rings. The third-order valence-electron chi connectivity index (χ3n) is 3.07. The minimum absolute atomic E-state index is 0.0549. The van der Waals surface area contributed by atoms with E-state index in [0.29, 0.717) is 24.5 Å². The average molecular weight is 284 g/mol. The molecule has 0 radical (unpaired) electrons. The third-order valence-corrected chi connectivity index (χ3v) is 3.97. The molecule has 1 aliphatic heterocycles. The van der Waals surface area contributed by atoms with Crippen molar-refractivity contribution in [3.05, 3.63) is 18.2 Å². The molecular weight excluding hydrogens is 268 g/mol. The van der Waals surface area contributed by atoms with E-state index in [1.54, 1.807) is 17.9 Å². The van der Waals surface area contributed by atoms with Crippen molar-refractivity contribution in [1.82, 2.24) is 5.32 Å². The lowest BCUT2D eigenvalue weighted by molar-refractivity contribution is -0.122. The van der Waals surface area contributed by atoms with Gasteiger partial charge in [0.2, 0.25) is 15.9 Å². The van der Waals surface area contributed by atoms with Crippen molar-refractivity contribution in [2.75, 3.05) is 23.7 Å². The number of nitrogens with two attached hydrogens (primary N) is 2. The van der Waals surface area contributed by atoms with Gasteiger partial charge >= 0.3 is 0 Å². The van der Waals surface area contributed by atoms with Crippen LogP contribution in [-0.4, -0.2) is 33.5 Å². The molecule has 7 nitrogen and oxygen atoms in total. The van der Waals surface area contributed by atoms with Gasteiger partial charge in [0, 0.05) is 24.5 Å². The summed E-state index contributed by atoms with van der Waals surface area (Å²) in [5, 5.41) is 7.84. The summed E-state index contributed by atoms with van der Waals surface area (Å²) in [6, 6.07) is 3.97. The molecule has 0 bridgehead atoms. The summed E-state index contributed by atoms with van der Waals surface area (Å²) >= 11 is 0. The van der Waals surface area contributed by atoms with Crippen molar-refractivity contribution in [3.63, 3.8) is 0 Å². The summed E-state index contributed by atoms with van der Waals surface area (Å²) in [5.74, 6) is -0.106. The maximum Gasteiger partial charge on any atom is 0.242 e. The molecule has 104 valence electrons. The van der Waals surface area contributed by atoms with E-state index in [9.17, 15) is 13.2 Å². The number of sulfonamides is 1. The molecule has 0 aromatic heterocycles. The molecule has 1 fully saturated rings. The summed E-state index contributed by atoms with van der Waals surface area (Å²) in [4.78, 5) is 13.4. The molecule has 1 saturated heterocycles. The molecule has 1 amide bonds. The van der Waals surface area contributed by atoms with Crippen LogP contribution in [0, 0.1) is 0 Å². The van der Waals surface area contributed by atoms with Crippen LogP contribution in [0.15, 0.2) is 23.1 Å². The van der Waals surface area contributed by atoms with Crippen molar-refractivity contribution in [1.29, 1.82) is 0 Å². The van der Waals surface area contributed by atoms with Crippen molar-refractivity contribution >= 4 is 27.3 Å². The van der Waals surface area contributed by atoms with Crippen molar-refractivity contribution in [3.8, 4) is 0 Å². The number of nitrogens with one attached hydrogen (secondary N) is 1. The first-order valence-electron chi connectivity index (χ1n) is 5.77. The lowest BCUT2D eigenvalue weighted by Crippen LogP contribution is -2.54. The SMILES string of the molecule is CC1C(=O)NCCN1c1cc(N)cc(S(N)(=O)=O)c1. The van der Waals surface area contributed by atoms with Gasteiger partial charge in [-0.15, -0.1) is 0 Å². The lowest BCUT2D eigenvalue weighted by atomic mass is 10.1. The van der Waals surface area contributed by atoms with Gasteiger partial charge in [-0.05, 0) is 25.1 Å². The van der Waals surface area contributed by atoms with Crippen molar-refractivity contribution < 1.29 is 13.2 Å². The first kappa shape index (κ1) is 13.6. The van der Waals surface area contributed by atoms with Crippen LogP contribution < -0.4 is 21.1 Å². The van der Waals surface area contributed by atoms with E-state index in [1.807, 2.05) is 0 Å². The van der Waals surface area contributed by atoms with E-state index in [2.05, 4.69) is 5.32 Å². The minimum atomic E-state index is -3.82. The highest BCUT2D eigenvalue weighted by molar-refractivity contribution is 7.89. The standard InChI is InChI=1S/C11H16N4O3S/c1-7-11(16)14-2-3-15(7)9-4-8(12)5-10(6-9)19(13,17)18/h4-7H,2-3,12H2,1H3,(H,14,16)(H2,13,17,18). The predicted octanol–water partition coefficient (Wildman–Crippen LogP) is -0.759. The number of hydrogen-bond donors (Lipinski definition) is 3. The van der Waals surface area contributed by atoms with Gasteiger partial charge in [-0.2, -0.15) is 0 Å². The molecule has 1 aromatic carbocycles. The highest BCUT2D eigenvalue weighted by atomic mass is 32.2. The van der Waals surface area contributed by atoms with Crippen LogP contribution in [0.4, 0.5) is 11.4 Å². The van der Waals surface area contributed by atoms with Crippen LogP contribution in [0.1, 0.15) is 6.92 Å². The van der Waals surface area contributed by atoms with E-state index in [1.165, 1.54) is 12.1 Å². The zero-order chi connectivity index (χ0) is 14.2. The van der Waals surface area contributed by atoms with Crippen LogP contribution >= 0.6 is 0 Å². The highest BCUT2D eigenvalue weighted by Gasteiger charge is 2.26. The van der Waals surface area contributed by atoms with Gasteiger partial charge in [0.05, 0.1) is 4.90 Å². The second-order valence-corrected chi connectivity index (χ2v) is 6.03. The minimum Gasteiger partial charge on any atom is -0.399 e. The molecule has 0 spiro atoms. The van der Waals surface area contributed by atoms with E-state index in [4.69, 9.17) is 10.9 Å². The molecule has 8 heteroatoms. The zero-order valence-corrected chi connectivity index (χ0v) is 11.3. The van der Waals surface area contributed by atoms with E-state index in [-0.39, 0.29) is 16.8 Å². The van der Waals surface area contributed by atoms with Gasteiger partial charge in [0.25, 0.3) is 0 Å². The Morgan fingerprint density at radius 1 is 1.37 bits per heavy atom. The smallest absolute Gasteiger partial charge is 0.242 e. The van der Waals surface area contributed by atoms with Crippen LogP contribution in [0.5, 0.6) is 0 Å². The fourth-order valence-electron chi connectivity index (χ4n) is 2.07. The fourth-order valence-corrected chi connectivity index (χ4v) is 2.66. The molecule has 1 heterocycles. The number of rotatable bonds is 2. The molecule has 1 aromatic rings. The number of piperazine rings is 1. The summed E-state index contributed by atoms with van der Waals surface area (Å²) in [5.41, 5.74) is 6.56. The number of anilines is 2. The lowest BCUT2D eigenvalue weighted by Gasteiger charge is -2.35. The number of hydrogen-bond acceptors (Lipinski definition) is 5. The van der Waals surface area contributed by atoms with Gasteiger partial charge in [0.1, 0.15) is 6.04 Å². The Labute approximate surface area is 111 Å². The second kappa shape index (κ2) is 4.71. The highest BCUT2D eigenvalue weighted by Crippen LogP contribution is 2.25. The zero-order valence-electron chi connectivity index (χ0n) is 10.5. The van der Waals surface area contributed by atoms with Gasteiger partial charge in [-0.1, -0.05) is 0 Å². The van der Waals surface area contributed by atoms with E-state index >= 15 is 0 Å². The fraction of sp³-hybridized carbons (Fsp3) is 0.364. The topological polar surface area (TPSA) is 119 Å². The van der Waals surface area contributed by atoms with Crippen LogP contribution in [0.3, 0.4) is 0 Å². The number of amides is 1. The maximum atomic E-state index is 11.6. The Balaban J connectivity index is 2.45. The largest absolute Gasteiger partial charge is 0.399 e. The quantitative estimate of drug-likeness (QED) is 0.617. The average Bonchev–Trinajstić information content (AvgIpc) is 2.31. The normalized spacial score (nSPS) is 20.2. The Morgan fingerprint density at radius 2 is 2.05 bits per heavy atom. The Hall–Kier alpha value is -1.80. The Bertz CT molecular complexity index is 614. The van der Waals surface area contributed by atoms with E-state index in [0.717, 1.165) is 0 Å². The van der Waals surface area contributed by atoms with Crippen LogP contribution in [-0.2, 0) is 14.8 Å². The van der Waals surface area contributed by atoms with Crippen LogP contribution in [0.25, 0.3) is 0 Å². The Kier molecular flexibility index (Phi) is 3.38. The number of primary sulfonamides is 1. The maximum absolute atomic E-state index is 11.6. The van der Waals surface area contributed by atoms with Gasteiger partial charge in [-0.3, -0.25) is 4.79 Å². The number of carbonyl (C=O) groups excluding carboxylic acids is 1. The molecule has 5 N–H and O–H groups in total. The Morgan fingerprint density at radius 3 is 2.68 bits per heavy atom. The first-order valence-corrected chi connectivity index (χ1v) is 7.31. The van der Waals surface area contributed by atoms with Gasteiger partial charge in [0.15, 0.2) is 0 Å². The number of nitrogen functional groups attached to an aromatic ring is 1. The summed E-state index contributed by atoms with van der Waals surface area (Å²) in [6.45, 7) is 2.83. The number of carbonyl (C=O) groups is 1. The molecule has 0 saturated carbocycles. The number of nitrogens with zero attached hydrogens (tertiary/aromatic N) is 1. The number of benzene rings is 1.